The highest BCUT2D eigenvalue weighted by atomic mass is 79.9. The van der Waals surface area contributed by atoms with E-state index in [0.717, 1.165) is 35.6 Å². The van der Waals surface area contributed by atoms with Gasteiger partial charge in [0.05, 0.1) is 0 Å². The van der Waals surface area contributed by atoms with Crippen LogP contribution in [0, 0.1) is 5.82 Å². The highest BCUT2D eigenvalue weighted by molar-refractivity contribution is 9.10. The van der Waals surface area contributed by atoms with Crippen LogP contribution in [0.25, 0.3) is 0 Å². The standard InChI is InChI=1S/C13H18BrFN2/c14-13-5-2-11(15)8-10(13)9-16-6-1-7-17-12-3-4-12/h2,5,8,12,16-17H,1,3-4,6-7,9H2. The van der Waals surface area contributed by atoms with E-state index in [9.17, 15) is 4.39 Å². The number of benzene rings is 1. The van der Waals surface area contributed by atoms with Crippen molar-refractivity contribution in [1.82, 2.24) is 10.6 Å². The highest BCUT2D eigenvalue weighted by Crippen LogP contribution is 2.18. The second-order valence-corrected chi connectivity index (χ2v) is 5.35. The molecule has 0 aliphatic heterocycles. The molecule has 0 aromatic heterocycles. The summed E-state index contributed by atoms with van der Waals surface area (Å²) in [6, 6.07) is 5.57. The van der Waals surface area contributed by atoms with Gasteiger partial charge in [0.15, 0.2) is 0 Å². The average Bonchev–Trinajstić information content (AvgIpc) is 3.11. The summed E-state index contributed by atoms with van der Waals surface area (Å²) < 4.78 is 14.0. The van der Waals surface area contributed by atoms with Gasteiger partial charge >= 0.3 is 0 Å². The summed E-state index contributed by atoms with van der Waals surface area (Å²) in [6.07, 6.45) is 3.79. The Bertz CT molecular complexity index is 366. The molecule has 17 heavy (non-hydrogen) atoms. The van der Waals surface area contributed by atoms with Crippen LogP contribution in [0.4, 0.5) is 4.39 Å². The molecule has 1 aromatic rings. The Hall–Kier alpha value is -0.450. The van der Waals surface area contributed by atoms with E-state index >= 15 is 0 Å². The molecule has 2 N–H and O–H groups in total. The first-order valence-corrected chi connectivity index (χ1v) is 6.93. The third-order valence-electron chi connectivity index (χ3n) is 2.86. The molecule has 1 saturated carbocycles. The van der Waals surface area contributed by atoms with Crippen molar-refractivity contribution in [2.75, 3.05) is 13.1 Å². The summed E-state index contributed by atoms with van der Waals surface area (Å²) in [7, 11) is 0. The minimum atomic E-state index is -0.180. The van der Waals surface area contributed by atoms with Crippen LogP contribution in [0.5, 0.6) is 0 Å². The smallest absolute Gasteiger partial charge is 0.123 e. The number of nitrogens with one attached hydrogen (secondary N) is 2. The molecular weight excluding hydrogens is 283 g/mol. The highest BCUT2D eigenvalue weighted by Gasteiger charge is 2.19. The van der Waals surface area contributed by atoms with Crippen molar-refractivity contribution in [3.05, 3.63) is 34.1 Å². The molecule has 1 fully saturated rings. The molecule has 94 valence electrons. The SMILES string of the molecule is Fc1ccc(Br)c(CNCCCNC2CC2)c1. The molecule has 0 radical (unpaired) electrons. The molecule has 0 saturated heterocycles. The third-order valence-corrected chi connectivity index (χ3v) is 3.64. The van der Waals surface area contributed by atoms with E-state index in [-0.39, 0.29) is 5.82 Å². The zero-order valence-electron chi connectivity index (χ0n) is 9.81. The van der Waals surface area contributed by atoms with Crippen molar-refractivity contribution < 1.29 is 4.39 Å². The molecule has 0 amide bonds. The van der Waals surface area contributed by atoms with Gasteiger partial charge in [-0.05, 0) is 56.1 Å². The van der Waals surface area contributed by atoms with Crippen LogP contribution in [0.2, 0.25) is 0 Å². The Morgan fingerprint density at radius 1 is 1.29 bits per heavy atom. The Morgan fingerprint density at radius 3 is 2.88 bits per heavy atom. The molecule has 0 bridgehead atoms. The van der Waals surface area contributed by atoms with Crippen molar-refractivity contribution in [1.29, 1.82) is 0 Å². The zero-order chi connectivity index (χ0) is 12.1. The summed E-state index contributed by atoms with van der Waals surface area (Å²) in [4.78, 5) is 0. The number of halogens is 2. The van der Waals surface area contributed by atoms with Gasteiger partial charge < -0.3 is 10.6 Å². The predicted molar refractivity (Wildman–Crippen MR) is 71.4 cm³/mol. The van der Waals surface area contributed by atoms with Crippen molar-refractivity contribution >= 4 is 15.9 Å². The minimum Gasteiger partial charge on any atom is -0.314 e. The lowest BCUT2D eigenvalue weighted by molar-refractivity contribution is 0.588. The Morgan fingerprint density at radius 2 is 2.12 bits per heavy atom. The van der Waals surface area contributed by atoms with Crippen molar-refractivity contribution in [3.63, 3.8) is 0 Å². The largest absolute Gasteiger partial charge is 0.314 e. The van der Waals surface area contributed by atoms with Gasteiger partial charge in [-0.2, -0.15) is 0 Å². The summed E-state index contributed by atoms with van der Waals surface area (Å²) in [5, 5.41) is 6.79. The molecule has 2 rings (SSSR count). The minimum absolute atomic E-state index is 0.180. The summed E-state index contributed by atoms with van der Waals surface area (Å²) >= 11 is 3.42. The molecule has 0 unspecified atom stereocenters. The van der Waals surface area contributed by atoms with Crippen LogP contribution in [0.15, 0.2) is 22.7 Å². The fourth-order valence-electron chi connectivity index (χ4n) is 1.71. The van der Waals surface area contributed by atoms with E-state index in [1.807, 2.05) is 0 Å². The van der Waals surface area contributed by atoms with Gasteiger partial charge in [-0.25, -0.2) is 4.39 Å². The van der Waals surface area contributed by atoms with Gasteiger partial charge in [-0.3, -0.25) is 0 Å². The topological polar surface area (TPSA) is 24.1 Å². The Balaban J connectivity index is 1.61. The average molecular weight is 301 g/mol. The van der Waals surface area contributed by atoms with Crippen LogP contribution in [-0.2, 0) is 6.54 Å². The molecule has 2 nitrogen and oxygen atoms in total. The van der Waals surface area contributed by atoms with E-state index in [1.54, 1.807) is 12.1 Å². The van der Waals surface area contributed by atoms with E-state index in [2.05, 4.69) is 26.6 Å². The van der Waals surface area contributed by atoms with Gasteiger partial charge in [-0.1, -0.05) is 15.9 Å². The fraction of sp³-hybridized carbons (Fsp3) is 0.538. The van der Waals surface area contributed by atoms with Crippen LogP contribution in [-0.4, -0.2) is 19.1 Å². The molecular formula is C13H18BrFN2. The summed E-state index contributed by atoms with van der Waals surface area (Å²) in [6.45, 7) is 2.74. The number of rotatable bonds is 7. The lowest BCUT2D eigenvalue weighted by atomic mass is 10.2. The quantitative estimate of drug-likeness (QED) is 0.757. The maximum absolute atomic E-state index is 13.0. The molecule has 1 aliphatic rings. The zero-order valence-corrected chi connectivity index (χ0v) is 11.4. The van der Waals surface area contributed by atoms with Crippen LogP contribution < -0.4 is 10.6 Å². The van der Waals surface area contributed by atoms with Crippen molar-refractivity contribution in [3.8, 4) is 0 Å². The summed E-state index contributed by atoms with van der Waals surface area (Å²) in [5.74, 6) is -0.180. The van der Waals surface area contributed by atoms with Gasteiger partial charge in [0.1, 0.15) is 5.82 Å². The van der Waals surface area contributed by atoms with Crippen molar-refractivity contribution in [2.45, 2.75) is 31.8 Å². The maximum atomic E-state index is 13.0. The van der Waals surface area contributed by atoms with Gasteiger partial charge in [-0.15, -0.1) is 0 Å². The monoisotopic (exact) mass is 300 g/mol. The first-order valence-electron chi connectivity index (χ1n) is 6.14. The maximum Gasteiger partial charge on any atom is 0.123 e. The molecule has 0 atom stereocenters. The van der Waals surface area contributed by atoms with Crippen LogP contribution in [0.3, 0.4) is 0 Å². The number of hydrogen-bond acceptors (Lipinski definition) is 2. The van der Waals surface area contributed by atoms with Gasteiger partial charge in [0.2, 0.25) is 0 Å². The molecule has 4 heteroatoms. The first kappa shape index (κ1) is 13.0. The van der Waals surface area contributed by atoms with E-state index in [4.69, 9.17) is 0 Å². The fourth-order valence-corrected chi connectivity index (χ4v) is 2.10. The van der Waals surface area contributed by atoms with E-state index in [0.29, 0.717) is 6.54 Å². The lowest BCUT2D eigenvalue weighted by Crippen LogP contribution is -2.23. The van der Waals surface area contributed by atoms with Crippen molar-refractivity contribution in [2.24, 2.45) is 0 Å². The normalized spacial score (nSPS) is 15.2. The molecule has 0 heterocycles. The molecule has 1 aromatic carbocycles. The third kappa shape index (κ3) is 4.74. The summed E-state index contributed by atoms with van der Waals surface area (Å²) in [5.41, 5.74) is 0.972. The lowest BCUT2D eigenvalue weighted by Gasteiger charge is -2.07. The molecule has 0 spiro atoms. The van der Waals surface area contributed by atoms with E-state index < -0.39 is 0 Å². The van der Waals surface area contributed by atoms with Gasteiger partial charge in [0, 0.05) is 17.1 Å². The Labute approximate surface area is 110 Å². The van der Waals surface area contributed by atoms with Crippen LogP contribution >= 0.6 is 15.9 Å². The van der Waals surface area contributed by atoms with E-state index in [1.165, 1.54) is 18.9 Å². The first-order chi connectivity index (χ1) is 8.25. The molecule has 1 aliphatic carbocycles. The second kappa shape index (κ2) is 6.47. The van der Waals surface area contributed by atoms with Crippen LogP contribution in [0.1, 0.15) is 24.8 Å². The predicted octanol–water partition coefficient (Wildman–Crippen LogP) is 2.82. The number of hydrogen-bond donors (Lipinski definition) is 2. The van der Waals surface area contributed by atoms with Gasteiger partial charge in [0.25, 0.3) is 0 Å². The Kier molecular flexibility index (Phi) is 4.95. The second-order valence-electron chi connectivity index (χ2n) is 4.49.